The molecule has 0 aliphatic rings. The van der Waals surface area contributed by atoms with Gasteiger partial charge in [-0.2, -0.15) is 5.10 Å². The number of carbonyl (C=O) groups is 1. The summed E-state index contributed by atoms with van der Waals surface area (Å²) in [5.74, 6) is -0.269. The Hall–Kier alpha value is -3.02. The monoisotopic (exact) mass is 414 g/mol. The van der Waals surface area contributed by atoms with Crippen LogP contribution in [0.3, 0.4) is 0 Å². The van der Waals surface area contributed by atoms with Crippen molar-refractivity contribution < 1.29 is 14.6 Å². The molecule has 0 spiro atoms. The number of rotatable bonds is 7. The van der Waals surface area contributed by atoms with Gasteiger partial charge in [0.25, 0.3) is 0 Å². The van der Waals surface area contributed by atoms with E-state index in [2.05, 4.69) is 10.5 Å². The Kier molecular flexibility index (Phi) is 6.53. The van der Waals surface area contributed by atoms with E-state index in [0.717, 1.165) is 11.1 Å². The molecule has 0 amide bonds. The number of nitrogens with one attached hydrogen (secondary N) is 1. The van der Waals surface area contributed by atoms with E-state index < -0.39 is 5.97 Å². The van der Waals surface area contributed by atoms with Crippen LogP contribution in [0.25, 0.3) is 0 Å². The molecule has 0 aromatic heterocycles. The second-order valence-electron chi connectivity index (χ2n) is 5.86. The minimum atomic E-state index is -0.982. The van der Waals surface area contributed by atoms with Crippen LogP contribution in [0.5, 0.6) is 5.75 Å². The summed E-state index contributed by atoms with van der Waals surface area (Å²) in [5.41, 5.74) is 5.39. The molecule has 3 aromatic rings. The molecule has 142 valence electrons. The first-order valence-electron chi connectivity index (χ1n) is 8.30. The molecule has 0 radical (unpaired) electrons. The van der Waals surface area contributed by atoms with Gasteiger partial charge >= 0.3 is 5.97 Å². The van der Waals surface area contributed by atoms with Gasteiger partial charge in [0.1, 0.15) is 12.4 Å². The Morgan fingerprint density at radius 1 is 1.04 bits per heavy atom. The maximum Gasteiger partial charge on any atom is 0.335 e. The summed E-state index contributed by atoms with van der Waals surface area (Å²) < 4.78 is 5.73. The topological polar surface area (TPSA) is 70.9 Å². The quantitative estimate of drug-likeness (QED) is 0.383. The maximum atomic E-state index is 11.0. The molecule has 0 saturated carbocycles. The van der Waals surface area contributed by atoms with E-state index >= 15 is 0 Å². The summed E-state index contributed by atoms with van der Waals surface area (Å²) in [6, 6.07) is 19.2. The number of ether oxygens (including phenoxy) is 1. The fourth-order valence-electron chi connectivity index (χ4n) is 2.35. The zero-order chi connectivity index (χ0) is 19.9. The number of hydrazone groups is 1. The van der Waals surface area contributed by atoms with E-state index in [1.54, 1.807) is 30.5 Å². The zero-order valence-corrected chi connectivity index (χ0v) is 16.1. The van der Waals surface area contributed by atoms with Crippen LogP contribution in [0.1, 0.15) is 21.5 Å². The molecule has 0 fully saturated rings. The Bertz CT molecular complexity index is 1000. The van der Waals surface area contributed by atoms with Crippen LogP contribution in [-0.2, 0) is 6.61 Å². The lowest BCUT2D eigenvalue weighted by molar-refractivity contribution is 0.0697. The fourth-order valence-corrected chi connectivity index (χ4v) is 2.67. The first-order valence-corrected chi connectivity index (χ1v) is 9.06. The smallest absolute Gasteiger partial charge is 0.335 e. The minimum absolute atomic E-state index is 0.198. The largest absolute Gasteiger partial charge is 0.489 e. The van der Waals surface area contributed by atoms with E-state index in [4.69, 9.17) is 33.0 Å². The number of carboxylic acid groups (broad SMARTS) is 1. The molecular weight excluding hydrogens is 399 g/mol. The average Bonchev–Trinajstić information content (AvgIpc) is 2.70. The Morgan fingerprint density at radius 3 is 2.54 bits per heavy atom. The Balaban J connectivity index is 1.55. The summed E-state index contributed by atoms with van der Waals surface area (Å²) in [5, 5.41) is 14.1. The molecule has 0 aliphatic heterocycles. The number of nitrogens with zero attached hydrogens (tertiary/aromatic N) is 1. The van der Waals surface area contributed by atoms with Gasteiger partial charge in [-0.05, 0) is 65.7 Å². The highest BCUT2D eigenvalue weighted by molar-refractivity contribution is 6.42. The molecule has 5 nitrogen and oxygen atoms in total. The molecule has 2 N–H and O–H groups in total. The van der Waals surface area contributed by atoms with Crippen molar-refractivity contribution in [3.05, 3.63) is 93.5 Å². The van der Waals surface area contributed by atoms with Gasteiger partial charge in [-0.1, -0.05) is 35.3 Å². The number of hydrogen-bond donors (Lipinski definition) is 2. The van der Waals surface area contributed by atoms with Crippen LogP contribution < -0.4 is 10.2 Å². The Morgan fingerprint density at radius 2 is 1.82 bits per heavy atom. The van der Waals surface area contributed by atoms with Gasteiger partial charge in [0.05, 0.1) is 27.5 Å². The van der Waals surface area contributed by atoms with Gasteiger partial charge in [0.2, 0.25) is 0 Å². The van der Waals surface area contributed by atoms with Crippen molar-refractivity contribution in [3.63, 3.8) is 0 Å². The summed E-state index contributed by atoms with van der Waals surface area (Å²) in [7, 11) is 0. The van der Waals surface area contributed by atoms with Crippen LogP contribution in [0.15, 0.2) is 71.8 Å². The third kappa shape index (κ3) is 5.49. The van der Waals surface area contributed by atoms with Crippen LogP contribution in [0.2, 0.25) is 10.0 Å². The number of carboxylic acids is 1. The van der Waals surface area contributed by atoms with Crippen LogP contribution >= 0.6 is 23.2 Å². The van der Waals surface area contributed by atoms with Crippen molar-refractivity contribution in [3.8, 4) is 5.75 Å². The van der Waals surface area contributed by atoms with Gasteiger partial charge in [0, 0.05) is 0 Å². The summed E-state index contributed by atoms with van der Waals surface area (Å²) in [4.78, 5) is 11.0. The van der Waals surface area contributed by atoms with Crippen molar-refractivity contribution in [1.82, 2.24) is 0 Å². The number of benzene rings is 3. The molecule has 0 saturated heterocycles. The van der Waals surface area contributed by atoms with Gasteiger partial charge in [0.15, 0.2) is 0 Å². The fraction of sp³-hybridized carbons (Fsp3) is 0.0476. The molecule has 3 rings (SSSR count). The minimum Gasteiger partial charge on any atom is -0.489 e. The summed E-state index contributed by atoms with van der Waals surface area (Å²) >= 11 is 11.9. The van der Waals surface area contributed by atoms with Gasteiger partial charge in [-0.3, -0.25) is 5.43 Å². The highest BCUT2D eigenvalue weighted by Crippen LogP contribution is 2.23. The second kappa shape index (κ2) is 9.26. The molecule has 7 heteroatoms. The van der Waals surface area contributed by atoms with Crippen LogP contribution in [-0.4, -0.2) is 17.3 Å². The van der Waals surface area contributed by atoms with Crippen molar-refractivity contribution >= 4 is 41.1 Å². The van der Waals surface area contributed by atoms with E-state index in [-0.39, 0.29) is 5.56 Å². The van der Waals surface area contributed by atoms with Crippen molar-refractivity contribution in [2.24, 2.45) is 5.10 Å². The molecule has 0 bridgehead atoms. The van der Waals surface area contributed by atoms with Crippen molar-refractivity contribution in [1.29, 1.82) is 0 Å². The lowest BCUT2D eigenvalue weighted by Crippen LogP contribution is -1.98. The standard InChI is InChI=1S/C21H16Cl2N2O3/c22-19-9-6-15(10-20(19)23)13-28-18-7-4-14(5-8-18)12-24-25-17-3-1-2-16(11-17)21(26)27/h1-12,25H,13H2,(H,26,27). The third-order valence-corrected chi connectivity index (χ3v) is 4.53. The number of anilines is 1. The highest BCUT2D eigenvalue weighted by atomic mass is 35.5. The van der Waals surface area contributed by atoms with E-state index in [1.807, 2.05) is 30.3 Å². The first-order chi connectivity index (χ1) is 13.5. The first kappa shape index (κ1) is 19.7. The van der Waals surface area contributed by atoms with Crippen LogP contribution in [0, 0.1) is 0 Å². The second-order valence-corrected chi connectivity index (χ2v) is 6.68. The zero-order valence-electron chi connectivity index (χ0n) is 14.6. The van der Waals surface area contributed by atoms with Crippen molar-refractivity contribution in [2.75, 3.05) is 5.43 Å². The summed E-state index contributed by atoms with van der Waals surface area (Å²) in [6.07, 6.45) is 1.64. The van der Waals surface area contributed by atoms with E-state index in [0.29, 0.717) is 28.1 Å². The molecule has 28 heavy (non-hydrogen) atoms. The molecule has 0 heterocycles. The van der Waals surface area contributed by atoms with E-state index in [9.17, 15) is 4.79 Å². The lowest BCUT2D eigenvalue weighted by atomic mass is 10.2. The number of halogens is 2. The lowest BCUT2D eigenvalue weighted by Gasteiger charge is -2.07. The number of hydrogen-bond acceptors (Lipinski definition) is 4. The van der Waals surface area contributed by atoms with Gasteiger partial charge in [-0.25, -0.2) is 4.79 Å². The molecule has 3 aromatic carbocycles. The van der Waals surface area contributed by atoms with Crippen LogP contribution in [0.4, 0.5) is 5.69 Å². The predicted octanol–water partition coefficient (Wildman–Crippen LogP) is 5.72. The third-order valence-electron chi connectivity index (χ3n) is 3.79. The SMILES string of the molecule is O=C(O)c1cccc(NN=Cc2ccc(OCc3ccc(Cl)c(Cl)c3)cc2)c1. The van der Waals surface area contributed by atoms with Gasteiger partial charge in [-0.15, -0.1) is 0 Å². The maximum absolute atomic E-state index is 11.0. The predicted molar refractivity (Wildman–Crippen MR) is 112 cm³/mol. The normalized spacial score (nSPS) is 10.8. The van der Waals surface area contributed by atoms with Crippen molar-refractivity contribution in [2.45, 2.75) is 6.61 Å². The van der Waals surface area contributed by atoms with E-state index in [1.165, 1.54) is 12.1 Å². The number of aromatic carboxylic acids is 1. The molecule has 0 unspecified atom stereocenters. The highest BCUT2D eigenvalue weighted by Gasteiger charge is 2.03. The molecular formula is C21H16Cl2N2O3. The molecule has 0 aliphatic carbocycles. The van der Waals surface area contributed by atoms with Gasteiger partial charge < -0.3 is 9.84 Å². The summed E-state index contributed by atoms with van der Waals surface area (Å²) in [6.45, 7) is 0.381. The average molecular weight is 415 g/mol. The Labute approximate surface area is 172 Å². The molecule has 0 atom stereocenters.